The molecule has 0 saturated heterocycles. The molecule has 0 amide bonds. The Labute approximate surface area is 523 Å². The highest BCUT2D eigenvalue weighted by atomic mass is 32.1. The lowest BCUT2D eigenvalue weighted by atomic mass is 9.87. The van der Waals surface area contributed by atoms with E-state index in [2.05, 4.69) is 341 Å². The van der Waals surface area contributed by atoms with Crippen LogP contribution in [-0.2, 0) is 10.8 Å². The van der Waals surface area contributed by atoms with E-state index >= 15 is 0 Å². The second-order valence-corrected chi connectivity index (χ2v) is 28.1. The smallest absolute Gasteiger partial charge is 0.0462 e. The van der Waals surface area contributed by atoms with E-state index in [0.29, 0.717) is 0 Å². The number of anilines is 9. The van der Waals surface area contributed by atoms with Gasteiger partial charge >= 0.3 is 0 Å². The predicted molar refractivity (Wildman–Crippen MR) is 377 cm³/mol. The summed E-state index contributed by atoms with van der Waals surface area (Å²) in [4.78, 5) is 14.8. The van der Waals surface area contributed by atoms with Crippen LogP contribution in [0.25, 0.3) is 62.6 Å². The molecule has 0 unspecified atom stereocenters. The van der Waals surface area contributed by atoms with Gasteiger partial charge in [0.05, 0.1) is 0 Å². The van der Waals surface area contributed by atoms with Crippen LogP contribution in [-0.4, -0.2) is 0 Å². The quantitative estimate of drug-likeness (QED) is 0.101. The van der Waals surface area contributed by atoms with Crippen molar-refractivity contribution in [3.05, 3.63) is 294 Å². The summed E-state index contributed by atoms with van der Waals surface area (Å²) in [6, 6.07) is 98.7. The first kappa shape index (κ1) is 56.3. The van der Waals surface area contributed by atoms with E-state index in [1.807, 2.05) is 22.7 Å². The van der Waals surface area contributed by atoms with Gasteiger partial charge in [-0.2, -0.15) is 0 Å². The fourth-order valence-electron chi connectivity index (χ4n) is 11.1. The maximum absolute atomic E-state index is 2.37. The fourth-order valence-corrected chi connectivity index (χ4v) is 14.8. The topological polar surface area (TPSA) is 9.72 Å². The molecule has 4 heterocycles. The molecule has 0 aliphatic carbocycles. The summed E-state index contributed by atoms with van der Waals surface area (Å²) in [5, 5.41) is 4.29. The average Bonchev–Trinajstić information content (AvgIpc) is 1.99. The molecule has 0 aliphatic heterocycles. The molecule has 0 bridgehead atoms. The normalized spacial score (nSPS) is 11.7. The summed E-state index contributed by atoms with van der Waals surface area (Å²) in [7, 11) is 0. The maximum atomic E-state index is 2.37. The Bertz CT molecular complexity index is 4220. The van der Waals surface area contributed by atoms with Gasteiger partial charge in [0.2, 0.25) is 0 Å². The number of rotatable bonds is 15. The molecule has 0 atom stereocenters. The zero-order valence-corrected chi connectivity index (χ0v) is 52.8. The summed E-state index contributed by atoms with van der Waals surface area (Å²) in [6.07, 6.45) is 0. The van der Waals surface area contributed by atoms with E-state index in [1.54, 1.807) is 22.7 Å². The molecule has 422 valence electrons. The van der Waals surface area contributed by atoms with E-state index in [1.165, 1.54) is 62.6 Å². The van der Waals surface area contributed by atoms with Crippen LogP contribution in [0.3, 0.4) is 0 Å². The van der Waals surface area contributed by atoms with Gasteiger partial charge in [-0.1, -0.05) is 168 Å². The maximum Gasteiger partial charge on any atom is 0.0462 e. The molecule has 13 rings (SSSR count). The Balaban J connectivity index is 0.781. The molecule has 0 aliphatic rings. The molecule has 0 spiro atoms. The molecule has 86 heavy (non-hydrogen) atoms. The molecule has 7 heteroatoms. The number of hydrogen-bond acceptors (Lipinski definition) is 7. The Morgan fingerprint density at radius 2 is 0.465 bits per heavy atom. The standard InChI is InChI=1S/C79H67N3S4/c1-54-12-30-63(31-13-54)80(70-44-26-61(27-45-70)78(2,3)4)64-32-14-55(15-33-64)57-18-36-66(37-19-57)82(71-46-28-62(29-47-71)79(5,6)7)67-38-20-58(21-39-67)56-16-34-65(35-17-56)81(68-40-22-59(23-41-68)72-48-50-76(85-72)74-10-8-52-83-74)69-42-24-60(25-43-69)73-49-51-77(86-73)75-11-9-53-84-75/h8-53H,1-7H3. The Kier molecular flexibility index (Phi) is 15.7. The number of nitrogens with zero attached hydrogens (tertiary/aromatic N) is 3. The Morgan fingerprint density at radius 3 is 0.709 bits per heavy atom. The van der Waals surface area contributed by atoms with Crippen molar-refractivity contribution in [1.29, 1.82) is 0 Å². The van der Waals surface area contributed by atoms with Crippen LogP contribution in [0.4, 0.5) is 51.2 Å². The van der Waals surface area contributed by atoms with Crippen LogP contribution in [0.5, 0.6) is 0 Å². The highest BCUT2D eigenvalue weighted by Crippen LogP contribution is 2.44. The third-order valence-corrected chi connectivity index (χ3v) is 20.4. The lowest BCUT2D eigenvalue weighted by Crippen LogP contribution is -2.13. The summed E-state index contributed by atoms with van der Waals surface area (Å²) in [6.45, 7) is 15.8. The Hall–Kier alpha value is -8.82. The summed E-state index contributed by atoms with van der Waals surface area (Å²) >= 11 is 7.27. The van der Waals surface area contributed by atoms with Gasteiger partial charge in [0, 0.05) is 80.4 Å². The molecule has 0 saturated carbocycles. The molecular weight excluding hydrogens is 1120 g/mol. The average molecular weight is 1190 g/mol. The lowest BCUT2D eigenvalue weighted by Gasteiger charge is -2.28. The van der Waals surface area contributed by atoms with Crippen LogP contribution >= 0.6 is 45.3 Å². The van der Waals surface area contributed by atoms with Crippen LogP contribution in [0.1, 0.15) is 58.2 Å². The van der Waals surface area contributed by atoms with Gasteiger partial charge in [-0.05, 0) is 219 Å². The molecule has 13 aromatic rings. The van der Waals surface area contributed by atoms with Gasteiger partial charge in [0.1, 0.15) is 0 Å². The first-order valence-corrected chi connectivity index (χ1v) is 32.7. The largest absolute Gasteiger partial charge is 0.311 e. The zero-order chi connectivity index (χ0) is 58.9. The summed E-state index contributed by atoms with van der Waals surface area (Å²) < 4.78 is 0. The summed E-state index contributed by atoms with van der Waals surface area (Å²) in [5.41, 5.74) is 21.0. The molecule has 9 aromatic carbocycles. The predicted octanol–water partition coefficient (Wildman–Crippen LogP) is 25.2. The highest BCUT2D eigenvalue weighted by Gasteiger charge is 2.21. The minimum Gasteiger partial charge on any atom is -0.311 e. The van der Waals surface area contributed by atoms with Gasteiger partial charge in [0.15, 0.2) is 0 Å². The third-order valence-electron chi connectivity index (χ3n) is 16.0. The van der Waals surface area contributed by atoms with Crippen molar-refractivity contribution in [2.45, 2.75) is 59.3 Å². The highest BCUT2D eigenvalue weighted by molar-refractivity contribution is 7.23. The van der Waals surface area contributed by atoms with Crippen molar-refractivity contribution in [2.24, 2.45) is 0 Å². The molecule has 0 radical (unpaired) electrons. The number of benzene rings is 9. The fraction of sp³-hybridized carbons (Fsp3) is 0.114. The second kappa shape index (κ2) is 23.9. The van der Waals surface area contributed by atoms with Crippen molar-refractivity contribution < 1.29 is 0 Å². The molecule has 4 aromatic heterocycles. The van der Waals surface area contributed by atoms with E-state index in [-0.39, 0.29) is 10.8 Å². The van der Waals surface area contributed by atoms with Crippen molar-refractivity contribution >= 4 is 96.5 Å². The summed E-state index contributed by atoms with van der Waals surface area (Å²) in [5.74, 6) is 0. The van der Waals surface area contributed by atoms with Crippen LogP contribution in [0.15, 0.2) is 278 Å². The van der Waals surface area contributed by atoms with Crippen molar-refractivity contribution in [3.63, 3.8) is 0 Å². The number of hydrogen-bond donors (Lipinski definition) is 0. The Morgan fingerprint density at radius 1 is 0.233 bits per heavy atom. The van der Waals surface area contributed by atoms with Crippen molar-refractivity contribution in [1.82, 2.24) is 0 Å². The van der Waals surface area contributed by atoms with Gasteiger partial charge in [-0.25, -0.2) is 0 Å². The van der Waals surface area contributed by atoms with Crippen LogP contribution in [0, 0.1) is 6.92 Å². The van der Waals surface area contributed by atoms with Gasteiger partial charge in [0.25, 0.3) is 0 Å². The minimum absolute atomic E-state index is 0.0384. The molecule has 3 nitrogen and oxygen atoms in total. The van der Waals surface area contributed by atoms with Crippen LogP contribution < -0.4 is 14.7 Å². The molecule has 0 fully saturated rings. The lowest BCUT2D eigenvalue weighted by molar-refractivity contribution is 0.590. The van der Waals surface area contributed by atoms with Gasteiger partial charge in [-0.3, -0.25) is 0 Å². The first-order chi connectivity index (χ1) is 41.8. The monoisotopic (exact) mass is 1190 g/mol. The molecule has 0 N–H and O–H groups in total. The van der Waals surface area contributed by atoms with E-state index < -0.39 is 0 Å². The number of thiophene rings is 4. The van der Waals surface area contributed by atoms with E-state index in [9.17, 15) is 0 Å². The van der Waals surface area contributed by atoms with E-state index in [4.69, 9.17) is 0 Å². The van der Waals surface area contributed by atoms with Crippen molar-refractivity contribution in [3.8, 4) is 62.6 Å². The van der Waals surface area contributed by atoms with E-state index in [0.717, 1.165) is 67.9 Å². The minimum atomic E-state index is 0.0384. The zero-order valence-electron chi connectivity index (χ0n) is 49.5. The third kappa shape index (κ3) is 12.1. The van der Waals surface area contributed by atoms with Gasteiger partial charge in [-0.15, -0.1) is 45.3 Å². The van der Waals surface area contributed by atoms with Crippen molar-refractivity contribution in [2.75, 3.05) is 14.7 Å². The number of aryl methyl sites for hydroxylation is 1. The van der Waals surface area contributed by atoms with Gasteiger partial charge < -0.3 is 14.7 Å². The first-order valence-electron chi connectivity index (χ1n) is 29.3. The SMILES string of the molecule is Cc1ccc(N(c2ccc(-c3ccc(N(c4ccc(-c5ccc(N(c6ccc(-c7ccc(-c8cccs8)s7)cc6)c6ccc(-c7ccc(-c8cccs8)s7)cc6)cc5)cc4)c4ccc(C(C)(C)C)cc4)cc3)cc2)c2ccc(C(C)(C)C)cc2)cc1. The second-order valence-electron chi connectivity index (χ2n) is 24.0. The van der Waals surface area contributed by atoms with Crippen LogP contribution in [0.2, 0.25) is 0 Å². The molecular formula is C79H67N3S4.